The third-order valence-corrected chi connectivity index (χ3v) is 5.86. The Labute approximate surface area is 123 Å². The molecule has 1 unspecified atom stereocenters. The summed E-state index contributed by atoms with van der Waals surface area (Å²) in [6.07, 6.45) is 6.85. The molecule has 2 rings (SSSR count). The molecule has 0 bridgehead atoms. The molecule has 0 aromatic carbocycles. The van der Waals surface area contributed by atoms with Crippen LogP contribution in [0.5, 0.6) is 0 Å². The van der Waals surface area contributed by atoms with Gasteiger partial charge in [0.15, 0.2) is 0 Å². The van der Waals surface area contributed by atoms with Crippen LogP contribution in [0.1, 0.15) is 44.4 Å². The van der Waals surface area contributed by atoms with Gasteiger partial charge in [-0.3, -0.25) is 0 Å². The molecule has 0 amide bonds. The molecule has 0 saturated heterocycles. The van der Waals surface area contributed by atoms with E-state index in [0.717, 1.165) is 18.4 Å². The summed E-state index contributed by atoms with van der Waals surface area (Å²) in [5.74, 6) is 1.82. The highest BCUT2D eigenvalue weighted by atomic mass is 79.9. The van der Waals surface area contributed by atoms with Gasteiger partial charge in [0.2, 0.25) is 0 Å². The average molecular weight is 330 g/mol. The zero-order valence-electron chi connectivity index (χ0n) is 11.4. The molecule has 1 aromatic heterocycles. The second kappa shape index (κ2) is 7.06. The number of hydrogen-bond acceptors (Lipinski definition) is 2. The van der Waals surface area contributed by atoms with Crippen LogP contribution in [0.2, 0.25) is 0 Å². The Hall–Kier alpha value is 0.140. The van der Waals surface area contributed by atoms with Crippen LogP contribution in [0.4, 0.5) is 0 Å². The summed E-state index contributed by atoms with van der Waals surface area (Å²) in [4.78, 5) is 1.51. The van der Waals surface area contributed by atoms with E-state index in [4.69, 9.17) is 0 Å². The van der Waals surface area contributed by atoms with Gasteiger partial charge in [-0.1, -0.05) is 26.7 Å². The van der Waals surface area contributed by atoms with Gasteiger partial charge < -0.3 is 5.32 Å². The maximum Gasteiger partial charge on any atom is 0.0285 e. The van der Waals surface area contributed by atoms with Crippen LogP contribution in [0.15, 0.2) is 15.9 Å². The first-order valence-corrected chi connectivity index (χ1v) is 8.82. The Morgan fingerprint density at radius 3 is 2.67 bits per heavy atom. The molecule has 0 radical (unpaired) electrons. The van der Waals surface area contributed by atoms with Crippen molar-refractivity contribution < 1.29 is 0 Å². The number of thiophene rings is 1. The van der Waals surface area contributed by atoms with Gasteiger partial charge in [0, 0.05) is 20.8 Å². The summed E-state index contributed by atoms with van der Waals surface area (Å²) < 4.78 is 1.23. The summed E-state index contributed by atoms with van der Waals surface area (Å²) in [7, 11) is 0. The highest BCUT2D eigenvalue weighted by molar-refractivity contribution is 9.10. The zero-order valence-corrected chi connectivity index (χ0v) is 13.8. The van der Waals surface area contributed by atoms with E-state index in [-0.39, 0.29) is 0 Å². The fraction of sp³-hybridized carbons (Fsp3) is 0.733. The summed E-state index contributed by atoms with van der Waals surface area (Å²) in [5, 5.41) is 5.91. The number of hydrogen-bond donors (Lipinski definition) is 1. The van der Waals surface area contributed by atoms with Gasteiger partial charge in [-0.25, -0.2) is 0 Å². The van der Waals surface area contributed by atoms with Crippen molar-refractivity contribution in [3.05, 3.63) is 20.8 Å². The maximum absolute atomic E-state index is 3.72. The van der Waals surface area contributed by atoms with E-state index in [2.05, 4.69) is 46.5 Å². The van der Waals surface area contributed by atoms with Crippen LogP contribution < -0.4 is 5.32 Å². The quantitative estimate of drug-likeness (QED) is 0.813. The number of halogens is 1. The van der Waals surface area contributed by atoms with Gasteiger partial charge in [0.05, 0.1) is 0 Å². The lowest BCUT2D eigenvalue weighted by Crippen LogP contribution is -2.39. The molecule has 1 aliphatic rings. The molecule has 0 aliphatic heterocycles. The molecule has 1 saturated carbocycles. The number of nitrogens with one attached hydrogen (secondary N) is 1. The first-order valence-electron chi connectivity index (χ1n) is 7.15. The Kier molecular flexibility index (Phi) is 5.71. The molecular weight excluding hydrogens is 306 g/mol. The molecule has 3 heteroatoms. The smallest absolute Gasteiger partial charge is 0.0285 e. The normalized spacial score (nSPS) is 26.2. The number of likely N-dealkylation sites (N-methyl/N-ethyl adjacent to an activating group) is 1. The van der Waals surface area contributed by atoms with Crippen LogP contribution in [0, 0.1) is 11.8 Å². The van der Waals surface area contributed by atoms with Gasteiger partial charge in [0.25, 0.3) is 0 Å². The molecule has 1 fully saturated rings. The molecule has 102 valence electrons. The van der Waals surface area contributed by atoms with Gasteiger partial charge in [-0.05, 0) is 59.6 Å². The van der Waals surface area contributed by atoms with Crippen molar-refractivity contribution >= 4 is 27.3 Å². The fourth-order valence-electron chi connectivity index (χ4n) is 3.03. The molecule has 1 atom stereocenters. The van der Waals surface area contributed by atoms with Crippen molar-refractivity contribution in [1.82, 2.24) is 5.32 Å². The second-order valence-electron chi connectivity index (χ2n) is 5.62. The Balaban J connectivity index is 1.94. The van der Waals surface area contributed by atoms with Crippen LogP contribution in [-0.2, 0) is 6.42 Å². The molecule has 1 aliphatic carbocycles. The zero-order chi connectivity index (χ0) is 13.0. The summed E-state index contributed by atoms with van der Waals surface area (Å²) >= 11 is 5.44. The summed E-state index contributed by atoms with van der Waals surface area (Å²) in [5.41, 5.74) is 0. The van der Waals surface area contributed by atoms with Gasteiger partial charge >= 0.3 is 0 Å². The van der Waals surface area contributed by atoms with E-state index >= 15 is 0 Å². The Morgan fingerprint density at radius 1 is 1.39 bits per heavy atom. The molecule has 18 heavy (non-hydrogen) atoms. The number of rotatable bonds is 5. The van der Waals surface area contributed by atoms with E-state index in [1.807, 2.05) is 11.3 Å². The molecular formula is C15H24BrNS. The van der Waals surface area contributed by atoms with E-state index in [1.165, 1.54) is 41.5 Å². The Bertz CT molecular complexity index is 355. The Morgan fingerprint density at radius 2 is 2.11 bits per heavy atom. The van der Waals surface area contributed by atoms with Gasteiger partial charge in [-0.2, -0.15) is 0 Å². The lowest BCUT2D eigenvalue weighted by molar-refractivity contribution is 0.231. The lowest BCUT2D eigenvalue weighted by atomic mass is 9.78. The van der Waals surface area contributed by atoms with Crippen molar-refractivity contribution in [2.45, 2.75) is 52.0 Å². The topological polar surface area (TPSA) is 12.0 Å². The van der Waals surface area contributed by atoms with Crippen molar-refractivity contribution in [1.29, 1.82) is 0 Å². The van der Waals surface area contributed by atoms with E-state index in [1.54, 1.807) is 0 Å². The average Bonchev–Trinajstić information content (AvgIpc) is 2.75. The van der Waals surface area contributed by atoms with Gasteiger partial charge in [-0.15, -0.1) is 11.3 Å². The largest absolute Gasteiger partial charge is 0.314 e. The minimum Gasteiger partial charge on any atom is -0.314 e. The van der Waals surface area contributed by atoms with Crippen LogP contribution in [0.25, 0.3) is 0 Å². The predicted molar refractivity (Wildman–Crippen MR) is 84.3 cm³/mol. The molecule has 1 heterocycles. The van der Waals surface area contributed by atoms with Crippen LogP contribution >= 0.6 is 27.3 Å². The first-order chi connectivity index (χ1) is 8.69. The molecule has 1 aromatic rings. The molecule has 1 nitrogen and oxygen atoms in total. The fourth-order valence-corrected chi connectivity index (χ4v) is 4.54. The lowest BCUT2D eigenvalue weighted by Gasteiger charge is -2.33. The first kappa shape index (κ1) is 14.5. The minimum atomic E-state index is 0.674. The third-order valence-electron chi connectivity index (χ3n) is 4.14. The van der Waals surface area contributed by atoms with Crippen molar-refractivity contribution in [2.24, 2.45) is 11.8 Å². The van der Waals surface area contributed by atoms with Crippen LogP contribution in [0.3, 0.4) is 0 Å². The monoisotopic (exact) mass is 329 g/mol. The molecule has 0 spiro atoms. The van der Waals surface area contributed by atoms with Crippen molar-refractivity contribution in [2.75, 3.05) is 6.54 Å². The standard InChI is InChI=1S/C15H24BrNS/c1-3-17-15(9-14-8-13(16)10-18-14)12-6-4-11(2)5-7-12/h8,10-12,15,17H,3-7,9H2,1-2H3. The van der Waals surface area contributed by atoms with E-state index in [0.29, 0.717) is 6.04 Å². The van der Waals surface area contributed by atoms with Crippen LogP contribution in [-0.4, -0.2) is 12.6 Å². The minimum absolute atomic E-state index is 0.674. The highest BCUT2D eigenvalue weighted by Gasteiger charge is 2.25. The van der Waals surface area contributed by atoms with Gasteiger partial charge in [0.1, 0.15) is 0 Å². The van der Waals surface area contributed by atoms with E-state index < -0.39 is 0 Å². The SMILES string of the molecule is CCNC(Cc1cc(Br)cs1)C1CCC(C)CC1. The third kappa shape index (κ3) is 4.07. The maximum atomic E-state index is 3.72. The summed E-state index contributed by atoms with van der Waals surface area (Å²) in [6, 6.07) is 2.95. The highest BCUT2D eigenvalue weighted by Crippen LogP contribution is 2.32. The second-order valence-corrected chi connectivity index (χ2v) is 7.53. The van der Waals surface area contributed by atoms with Crippen molar-refractivity contribution in [3.8, 4) is 0 Å². The molecule has 1 N–H and O–H groups in total. The predicted octanol–water partition coefficient (Wildman–Crippen LogP) is 4.86. The van der Waals surface area contributed by atoms with E-state index in [9.17, 15) is 0 Å². The summed E-state index contributed by atoms with van der Waals surface area (Å²) in [6.45, 7) is 5.71. The van der Waals surface area contributed by atoms with Crippen molar-refractivity contribution in [3.63, 3.8) is 0 Å².